The van der Waals surface area contributed by atoms with Gasteiger partial charge in [0.15, 0.2) is 9.84 Å². The maximum Gasteiger partial charge on any atom is 0.255 e. The fourth-order valence-electron chi connectivity index (χ4n) is 2.82. The fourth-order valence-corrected chi connectivity index (χ4v) is 4.59. The molecule has 2 amide bonds. The van der Waals surface area contributed by atoms with E-state index in [4.69, 9.17) is 0 Å². The number of sulfone groups is 1. The van der Waals surface area contributed by atoms with Crippen LogP contribution >= 0.6 is 0 Å². The molecule has 1 aliphatic heterocycles. The standard InChI is InChI=1S/C16H23N3O4S/c1-4-19(5-2)16(21)13-8-12(9-17-10-13)15(20)18(3)14-6-7-24(22,23)11-14/h8-10,14H,4-7,11H2,1-3H3. The van der Waals surface area contributed by atoms with Gasteiger partial charge in [0.25, 0.3) is 11.8 Å². The topological polar surface area (TPSA) is 87.7 Å². The molecule has 0 aliphatic carbocycles. The summed E-state index contributed by atoms with van der Waals surface area (Å²) in [5.41, 5.74) is 0.650. The smallest absolute Gasteiger partial charge is 0.255 e. The minimum atomic E-state index is -3.07. The van der Waals surface area contributed by atoms with Crippen LogP contribution in [0.2, 0.25) is 0 Å². The van der Waals surface area contributed by atoms with E-state index in [0.29, 0.717) is 30.6 Å². The molecular formula is C16H23N3O4S. The molecule has 2 rings (SSSR count). The van der Waals surface area contributed by atoms with Gasteiger partial charge >= 0.3 is 0 Å². The molecule has 0 bridgehead atoms. The van der Waals surface area contributed by atoms with Crippen LogP contribution in [0.15, 0.2) is 18.5 Å². The first-order valence-electron chi connectivity index (χ1n) is 8.01. The SMILES string of the molecule is CCN(CC)C(=O)c1cncc(C(=O)N(C)C2CCS(=O)(=O)C2)c1. The molecule has 1 atom stereocenters. The summed E-state index contributed by atoms with van der Waals surface area (Å²) in [5, 5.41) is 0. The van der Waals surface area contributed by atoms with Crippen molar-refractivity contribution in [2.24, 2.45) is 0 Å². The molecule has 1 aromatic heterocycles. The Labute approximate surface area is 142 Å². The van der Waals surface area contributed by atoms with Gasteiger partial charge in [0, 0.05) is 38.6 Å². The van der Waals surface area contributed by atoms with Crippen molar-refractivity contribution < 1.29 is 18.0 Å². The summed E-state index contributed by atoms with van der Waals surface area (Å²) in [5.74, 6) is -0.401. The predicted molar refractivity (Wildman–Crippen MR) is 90.6 cm³/mol. The number of amides is 2. The van der Waals surface area contributed by atoms with Gasteiger partial charge in [0.05, 0.1) is 22.6 Å². The zero-order chi connectivity index (χ0) is 17.9. The van der Waals surface area contributed by atoms with Gasteiger partial charge in [-0.2, -0.15) is 0 Å². The van der Waals surface area contributed by atoms with Crippen molar-refractivity contribution in [2.45, 2.75) is 26.3 Å². The Bertz CT molecular complexity index is 729. The second-order valence-electron chi connectivity index (χ2n) is 5.91. The van der Waals surface area contributed by atoms with Crippen LogP contribution in [-0.2, 0) is 9.84 Å². The van der Waals surface area contributed by atoms with Crippen molar-refractivity contribution in [3.05, 3.63) is 29.6 Å². The largest absolute Gasteiger partial charge is 0.339 e. The van der Waals surface area contributed by atoms with Crippen LogP contribution in [0, 0.1) is 0 Å². The number of pyridine rings is 1. The van der Waals surface area contributed by atoms with Crippen molar-refractivity contribution in [3.8, 4) is 0 Å². The van der Waals surface area contributed by atoms with Crippen molar-refractivity contribution >= 4 is 21.7 Å². The molecule has 0 N–H and O–H groups in total. The number of carbonyl (C=O) groups is 2. The molecule has 1 aromatic rings. The lowest BCUT2D eigenvalue weighted by molar-refractivity contribution is 0.0747. The van der Waals surface area contributed by atoms with Crippen LogP contribution in [0.5, 0.6) is 0 Å². The van der Waals surface area contributed by atoms with Gasteiger partial charge in [-0.3, -0.25) is 14.6 Å². The molecule has 1 saturated heterocycles. The highest BCUT2D eigenvalue weighted by Crippen LogP contribution is 2.19. The van der Waals surface area contributed by atoms with Crippen LogP contribution in [0.1, 0.15) is 41.0 Å². The average Bonchev–Trinajstić information content (AvgIpc) is 2.94. The molecule has 132 valence electrons. The summed E-state index contributed by atoms with van der Waals surface area (Å²) < 4.78 is 23.2. The van der Waals surface area contributed by atoms with Crippen molar-refractivity contribution in [1.82, 2.24) is 14.8 Å². The first-order chi connectivity index (χ1) is 11.3. The first-order valence-corrected chi connectivity index (χ1v) is 9.83. The van der Waals surface area contributed by atoms with Crippen LogP contribution in [0.4, 0.5) is 0 Å². The fraction of sp³-hybridized carbons (Fsp3) is 0.562. The van der Waals surface area contributed by atoms with Crippen molar-refractivity contribution in [1.29, 1.82) is 0 Å². The maximum atomic E-state index is 12.6. The van der Waals surface area contributed by atoms with Crippen LogP contribution < -0.4 is 0 Å². The van der Waals surface area contributed by atoms with Crippen LogP contribution in [-0.4, -0.2) is 72.7 Å². The van der Waals surface area contributed by atoms with E-state index in [1.54, 1.807) is 11.9 Å². The van der Waals surface area contributed by atoms with Crippen LogP contribution in [0.3, 0.4) is 0 Å². The van der Waals surface area contributed by atoms with Gasteiger partial charge in [-0.15, -0.1) is 0 Å². The van der Waals surface area contributed by atoms with E-state index in [1.165, 1.54) is 23.4 Å². The zero-order valence-corrected chi connectivity index (χ0v) is 15.0. The summed E-state index contributed by atoms with van der Waals surface area (Å²) in [7, 11) is -1.48. The Morgan fingerprint density at radius 2 is 1.75 bits per heavy atom. The van der Waals surface area contributed by atoms with Gasteiger partial charge in [-0.25, -0.2) is 8.42 Å². The van der Waals surface area contributed by atoms with E-state index in [2.05, 4.69) is 4.98 Å². The number of nitrogens with zero attached hydrogens (tertiary/aromatic N) is 3. The van der Waals surface area contributed by atoms with Gasteiger partial charge in [0.2, 0.25) is 0 Å². The molecule has 0 aromatic carbocycles. The number of aromatic nitrogens is 1. The Hall–Kier alpha value is -1.96. The van der Waals surface area contributed by atoms with E-state index in [0.717, 1.165) is 0 Å². The Kier molecular flexibility index (Phi) is 5.58. The first kappa shape index (κ1) is 18.4. The third kappa shape index (κ3) is 3.92. The summed E-state index contributed by atoms with van der Waals surface area (Å²) in [6, 6.07) is 1.19. The molecule has 8 heteroatoms. The zero-order valence-electron chi connectivity index (χ0n) is 14.2. The molecule has 2 heterocycles. The van der Waals surface area contributed by atoms with E-state index in [-0.39, 0.29) is 29.4 Å². The monoisotopic (exact) mass is 353 g/mol. The Balaban J connectivity index is 2.19. The number of carbonyl (C=O) groups excluding carboxylic acids is 2. The molecule has 1 aliphatic rings. The Morgan fingerprint density at radius 1 is 1.17 bits per heavy atom. The molecular weight excluding hydrogens is 330 g/mol. The number of hydrogen-bond donors (Lipinski definition) is 0. The third-order valence-electron chi connectivity index (χ3n) is 4.36. The van der Waals surface area contributed by atoms with E-state index >= 15 is 0 Å². The minimum Gasteiger partial charge on any atom is -0.339 e. The molecule has 1 unspecified atom stereocenters. The normalized spacial score (nSPS) is 19.0. The molecule has 7 nitrogen and oxygen atoms in total. The lowest BCUT2D eigenvalue weighted by Crippen LogP contribution is -2.38. The van der Waals surface area contributed by atoms with E-state index < -0.39 is 9.84 Å². The summed E-state index contributed by atoms with van der Waals surface area (Å²) in [6.07, 6.45) is 3.29. The quantitative estimate of drug-likeness (QED) is 0.782. The highest BCUT2D eigenvalue weighted by Gasteiger charge is 2.33. The van der Waals surface area contributed by atoms with E-state index in [1.807, 2.05) is 13.8 Å². The van der Waals surface area contributed by atoms with Crippen LogP contribution in [0.25, 0.3) is 0 Å². The average molecular weight is 353 g/mol. The van der Waals surface area contributed by atoms with Gasteiger partial charge in [-0.05, 0) is 26.3 Å². The highest BCUT2D eigenvalue weighted by molar-refractivity contribution is 7.91. The molecule has 24 heavy (non-hydrogen) atoms. The highest BCUT2D eigenvalue weighted by atomic mass is 32.2. The molecule has 0 radical (unpaired) electrons. The third-order valence-corrected chi connectivity index (χ3v) is 6.11. The molecule has 0 spiro atoms. The molecule has 0 saturated carbocycles. The number of rotatable bonds is 5. The van der Waals surface area contributed by atoms with Gasteiger partial charge in [0.1, 0.15) is 0 Å². The van der Waals surface area contributed by atoms with Gasteiger partial charge < -0.3 is 9.80 Å². The summed E-state index contributed by atoms with van der Waals surface area (Å²) >= 11 is 0. The Morgan fingerprint density at radius 3 is 2.25 bits per heavy atom. The maximum absolute atomic E-state index is 12.6. The lowest BCUT2D eigenvalue weighted by atomic mass is 10.1. The number of hydrogen-bond acceptors (Lipinski definition) is 5. The van der Waals surface area contributed by atoms with Crippen molar-refractivity contribution in [2.75, 3.05) is 31.6 Å². The summed E-state index contributed by atoms with van der Waals surface area (Å²) in [6.45, 7) is 4.93. The van der Waals surface area contributed by atoms with Gasteiger partial charge in [-0.1, -0.05) is 0 Å². The second-order valence-corrected chi connectivity index (χ2v) is 8.14. The van der Waals surface area contributed by atoms with E-state index in [9.17, 15) is 18.0 Å². The lowest BCUT2D eigenvalue weighted by Gasteiger charge is -2.24. The molecule has 1 fully saturated rings. The summed E-state index contributed by atoms with van der Waals surface area (Å²) in [4.78, 5) is 32.1. The van der Waals surface area contributed by atoms with Crippen molar-refractivity contribution in [3.63, 3.8) is 0 Å². The second kappa shape index (κ2) is 7.29. The minimum absolute atomic E-state index is 0.0132. The predicted octanol–water partition coefficient (Wildman–Crippen LogP) is 0.823.